The molecule has 1 saturated heterocycles. The Morgan fingerprint density at radius 3 is 2.70 bits per heavy atom. The van der Waals surface area contributed by atoms with Gasteiger partial charge in [0.1, 0.15) is 17.8 Å². The van der Waals surface area contributed by atoms with Gasteiger partial charge in [0, 0.05) is 12.2 Å². The minimum Gasteiger partial charge on any atom is -0.497 e. The summed E-state index contributed by atoms with van der Waals surface area (Å²) in [6.45, 7) is 1.93. The summed E-state index contributed by atoms with van der Waals surface area (Å²) in [7, 11) is 1.61. The number of carbonyl (C=O) groups is 3. The number of anilines is 1. The van der Waals surface area contributed by atoms with E-state index in [0.29, 0.717) is 12.1 Å². The maximum absolute atomic E-state index is 13.5. The standard InChI is InChI=1S/C26H25N3O4/c1-26(21-11-5-8-17-7-3-4-10-20(17)21)24(31)29(25(32)27-26)16-23(30)28-14-6-9-18-15-19(33-2)12-13-22(18)28/h3-5,7-8,10-13,15H,6,9,14,16H2,1-2H3,(H,27,32). The van der Waals surface area contributed by atoms with Gasteiger partial charge < -0.3 is 15.0 Å². The second kappa shape index (κ2) is 7.92. The number of hydrogen-bond acceptors (Lipinski definition) is 4. The monoisotopic (exact) mass is 443 g/mol. The summed E-state index contributed by atoms with van der Waals surface area (Å²) in [6.07, 6.45) is 1.65. The lowest BCUT2D eigenvalue weighted by Gasteiger charge is -2.31. The highest BCUT2D eigenvalue weighted by Crippen LogP contribution is 2.35. The predicted octanol–water partition coefficient (Wildman–Crippen LogP) is 3.59. The molecule has 2 aliphatic heterocycles. The number of benzene rings is 3. The quantitative estimate of drug-likeness (QED) is 0.625. The number of aryl methyl sites for hydroxylation is 1. The summed E-state index contributed by atoms with van der Waals surface area (Å²) in [6, 6.07) is 18.5. The van der Waals surface area contributed by atoms with Crippen LogP contribution in [-0.4, -0.2) is 42.9 Å². The van der Waals surface area contributed by atoms with E-state index in [1.165, 1.54) is 0 Å². The summed E-state index contributed by atoms with van der Waals surface area (Å²) >= 11 is 0. The van der Waals surface area contributed by atoms with Crippen molar-refractivity contribution in [3.8, 4) is 5.75 Å². The van der Waals surface area contributed by atoms with Gasteiger partial charge in [0.25, 0.3) is 5.91 Å². The lowest BCUT2D eigenvalue weighted by atomic mass is 9.88. The van der Waals surface area contributed by atoms with Gasteiger partial charge in [-0.05, 0) is 59.9 Å². The molecule has 0 spiro atoms. The highest BCUT2D eigenvalue weighted by Gasteiger charge is 2.50. The highest BCUT2D eigenvalue weighted by atomic mass is 16.5. The number of carbonyl (C=O) groups excluding carboxylic acids is 3. The van der Waals surface area contributed by atoms with Gasteiger partial charge in [0.05, 0.1) is 7.11 Å². The molecular formula is C26H25N3O4. The molecule has 1 N–H and O–H groups in total. The van der Waals surface area contributed by atoms with E-state index < -0.39 is 17.5 Å². The Morgan fingerprint density at radius 1 is 1.09 bits per heavy atom. The number of ether oxygens (including phenoxy) is 1. The SMILES string of the molecule is COc1ccc2c(c1)CCCN2C(=O)CN1C(=O)NC(C)(c2cccc3ccccc23)C1=O. The lowest BCUT2D eigenvalue weighted by molar-refractivity contribution is -0.134. The Hall–Kier alpha value is -3.87. The molecule has 0 bridgehead atoms. The average molecular weight is 444 g/mol. The first-order chi connectivity index (χ1) is 15.9. The first-order valence-corrected chi connectivity index (χ1v) is 11.0. The van der Waals surface area contributed by atoms with Gasteiger partial charge in [-0.3, -0.25) is 14.5 Å². The third-order valence-electron chi connectivity index (χ3n) is 6.60. The van der Waals surface area contributed by atoms with Crippen LogP contribution in [0, 0.1) is 0 Å². The molecule has 33 heavy (non-hydrogen) atoms. The maximum Gasteiger partial charge on any atom is 0.325 e. The topological polar surface area (TPSA) is 79.0 Å². The zero-order valence-corrected chi connectivity index (χ0v) is 18.6. The number of urea groups is 1. The average Bonchev–Trinajstić information content (AvgIpc) is 3.06. The summed E-state index contributed by atoms with van der Waals surface area (Å²) < 4.78 is 5.30. The molecule has 0 aromatic heterocycles. The van der Waals surface area contributed by atoms with Crippen LogP contribution in [0.3, 0.4) is 0 Å². The van der Waals surface area contributed by atoms with Crippen molar-refractivity contribution in [2.45, 2.75) is 25.3 Å². The van der Waals surface area contributed by atoms with Crippen molar-refractivity contribution >= 4 is 34.3 Å². The van der Waals surface area contributed by atoms with E-state index in [4.69, 9.17) is 4.74 Å². The van der Waals surface area contributed by atoms with E-state index in [1.807, 2.05) is 60.7 Å². The minimum absolute atomic E-state index is 0.285. The smallest absolute Gasteiger partial charge is 0.325 e. The van der Waals surface area contributed by atoms with E-state index in [1.54, 1.807) is 18.9 Å². The molecule has 7 heteroatoms. The molecule has 1 unspecified atom stereocenters. The van der Waals surface area contributed by atoms with Crippen LogP contribution in [0.2, 0.25) is 0 Å². The molecule has 0 saturated carbocycles. The molecule has 1 atom stereocenters. The fourth-order valence-corrected chi connectivity index (χ4v) is 4.86. The van der Waals surface area contributed by atoms with Crippen molar-refractivity contribution in [1.82, 2.24) is 10.2 Å². The Morgan fingerprint density at radius 2 is 1.88 bits per heavy atom. The first kappa shape index (κ1) is 21.0. The van der Waals surface area contributed by atoms with Crippen LogP contribution in [0.4, 0.5) is 10.5 Å². The van der Waals surface area contributed by atoms with E-state index in [-0.39, 0.29) is 12.5 Å². The van der Waals surface area contributed by atoms with E-state index in [9.17, 15) is 14.4 Å². The third-order valence-corrected chi connectivity index (χ3v) is 6.60. The second-order valence-corrected chi connectivity index (χ2v) is 8.62. The van der Waals surface area contributed by atoms with E-state index in [0.717, 1.165) is 45.5 Å². The van der Waals surface area contributed by atoms with Crippen molar-refractivity contribution in [3.63, 3.8) is 0 Å². The van der Waals surface area contributed by atoms with Gasteiger partial charge in [-0.2, -0.15) is 0 Å². The number of amides is 4. The van der Waals surface area contributed by atoms with Crippen LogP contribution < -0.4 is 15.0 Å². The maximum atomic E-state index is 13.5. The molecule has 1 fully saturated rings. The Bertz CT molecular complexity index is 1280. The molecule has 7 nitrogen and oxygen atoms in total. The van der Waals surface area contributed by atoms with Gasteiger partial charge in [0.2, 0.25) is 5.91 Å². The molecule has 168 valence electrons. The molecule has 0 aliphatic carbocycles. The molecule has 3 aromatic carbocycles. The lowest BCUT2D eigenvalue weighted by Crippen LogP contribution is -2.46. The van der Waals surface area contributed by atoms with Crippen molar-refractivity contribution in [3.05, 3.63) is 71.8 Å². The molecule has 4 amide bonds. The van der Waals surface area contributed by atoms with E-state index in [2.05, 4.69) is 5.32 Å². The van der Waals surface area contributed by atoms with Crippen molar-refractivity contribution in [2.75, 3.05) is 25.1 Å². The molecular weight excluding hydrogens is 418 g/mol. The van der Waals surface area contributed by atoms with Crippen molar-refractivity contribution in [2.24, 2.45) is 0 Å². The number of nitrogens with one attached hydrogen (secondary N) is 1. The Kier molecular flexibility index (Phi) is 5.04. The van der Waals surface area contributed by atoms with Gasteiger partial charge in [-0.15, -0.1) is 0 Å². The van der Waals surface area contributed by atoms with Crippen LogP contribution >= 0.6 is 0 Å². The number of methoxy groups -OCH3 is 1. The van der Waals surface area contributed by atoms with E-state index >= 15 is 0 Å². The van der Waals surface area contributed by atoms with Gasteiger partial charge in [-0.1, -0.05) is 42.5 Å². The summed E-state index contributed by atoms with van der Waals surface area (Å²) in [4.78, 5) is 42.3. The largest absolute Gasteiger partial charge is 0.497 e. The summed E-state index contributed by atoms with van der Waals surface area (Å²) in [5.41, 5.74) is 1.29. The number of fused-ring (bicyclic) bond motifs is 2. The molecule has 3 aromatic rings. The zero-order chi connectivity index (χ0) is 23.2. The van der Waals surface area contributed by atoms with Gasteiger partial charge in [0.15, 0.2) is 0 Å². The number of nitrogens with zero attached hydrogens (tertiary/aromatic N) is 2. The second-order valence-electron chi connectivity index (χ2n) is 8.62. The molecule has 2 heterocycles. The van der Waals surface area contributed by atoms with Crippen LogP contribution in [0.1, 0.15) is 24.5 Å². The number of rotatable bonds is 4. The van der Waals surface area contributed by atoms with Gasteiger partial charge in [-0.25, -0.2) is 4.79 Å². The minimum atomic E-state index is -1.24. The Balaban J connectivity index is 1.42. The molecule has 5 rings (SSSR count). The fraction of sp³-hybridized carbons (Fsp3) is 0.269. The Labute approximate surface area is 191 Å². The predicted molar refractivity (Wildman–Crippen MR) is 125 cm³/mol. The zero-order valence-electron chi connectivity index (χ0n) is 18.6. The first-order valence-electron chi connectivity index (χ1n) is 11.0. The van der Waals surface area contributed by atoms with Crippen molar-refractivity contribution in [1.29, 1.82) is 0 Å². The fourth-order valence-electron chi connectivity index (χ4n) is 4.86. The van der Waals surface area contributed by atoms with Crippen LogP contribution in [-0.2, 0) is 21.5 Å². The van der Waals surface area contributed by atoms with Crippen LogP contribution in [0.5, 0.6) is 5.75 Å². The normalized spacial score (nSPS) is 20.1. The highest BCUT2D eigenvalue weighted by molar-refractivity contribution is 6.12. The van der Waals surface area contributed by atoms with Crippen LogP contribution in [0.25, 0.3) is 10.8 Å². The van der Waals surface area contributed by atoms with Crippen LogP contribution in [0.15, 0.2) is 60.7 Å². The van der Waals surface area contributed by atoms with Crippen molar-refractivity contribution < 1.29 is 19.1 Å². The third kappa shape index (κ3) is 3.40. The summed E-state index contributed by atoms with van der Waals surface area (Å²) in [5, 5.41) is 4.70. The van der Waals surface area contributed by atoms with Gasteiger partial charge >= 0.3 is 6.03 Å². The molecule has 2 aliphatic rings. The molecule has 0 radical (unpaired) electrons. The number of imide groups is 1. The summed E-state index contributed by atoms with van der Waals surface area (Å²) in [5.74, 6) is 0.0268. The number of hydrogen-bond donors (Lipinski definition) is 1.